The first-order valence-corrected chi connectivity index (χ1v) is 4.51. The Balaban J connectivity index is 2.92. The fourth-order valence-electron chi connectivity index (χ4n) is 1.41. The minimum absolute atomic E-state index is 0.172. The number of nitrogens with zero attached hydrogens (tertiary/aromatic N) is 2. The molecule has 0 spiro atoms. The Labute approximate surface area is 85.9 Å². The van der Waals surface area contributed by atoms with Gasteiger partial charge in [0.05, 0.1) is 20.6 Å². The zero-order chi connectivity index (χ0) is 11.6. The molecule has 0 aromatic heterocycles. The standard InChI is InChI=1S/C8H14F3N4/c1-14(2)6-5-13-3-4-15(6)7(12)8(9,10)11/h12-13H,3-5H2,1-2H3/q+1. The van der Waals surface area contributed by atoms with Crippen LogP contribution in [0.15, 0.2) is 0 Å². The molecule has 1 rings (SSSR count). The molecule has 0 amide bonds. The normalized spacial score (nSPS) is 17.9. The Bertz CT molecular complexity index is 291. The number of rotatable bonds is 0. The number of amidine groups is 2. The molecule has 86 valence electrons. The van der Waals surface area contributed by atoms with Gasteiger partial charge in [-0.1, -0.05) is 0 Å². The lowest BCUT2D eigenvalue weighted by Gasteiger charge is -2.25. The SMILES string of the molecule is C[N+](C)=C1CNCCN1C(=N)C(F)(F)F. The van der Waals surface area contributed by atoms with Crippen LogP contribution in [0.3, 0.4) is 0 Å². The lowest BCUT2D eigenvalue weighted by Crippen LogP contribution is -2.56. The van der Waals surface area contributed by atoms with Crippen LogP contribution in [0.1, 0.15) is 0 Å². The summed E-state index contributed by atoms with van der Waals surface area (Å²) in [5, 5.41) is 10.1. The summed E-state index contributed by atoms with van der Waals surface area (Å²) in [6, 6.07) is 0. The second-order valence-corrected chi connectivity index (χ2v) is 3.49. The Hall–Kier alpha value is -1.11. The molecule has 0 radical (unpaired) electrons. The molecule has 4 nitrogen and oxygen atoms in total. The number of piperazine rings is 1. The van der Waals surface area contributed by atoms with Crippen LogP contribution in [-0.4, -0.2) is 61.1 Å². The maximum absolute atomic E-state index is 12.4. The minimum Gasteiger partial charge on any atom is -0.302 e. The highest BCUT2D eigenvalue weighted by molar-refractivity contribution is 6.01. The van der Waals surface area contributed by atoms with Crippen molar-refractivity contribution in [3.05, 3.63) is 0 Å². The predicted octanol–water partition coefficient (Wildman–Crippen LogP) is 0.102. The number of halogens is 3. The quantitative estimate of drug-likeness (QED) is 0.347. The van der Waals surface area contributed by atoms with Crippen molar-refractivity contribution in [3.63, 3.8) is 0 Å². The van der Waals surface area contributed by atoms with Gasteiger partial charge in [0, 0.05) is 6.54 Å². The molecule has 0 aliphatic carbocycles. The molecule has 1 saturated heterocycles. The zero-order valence-electron chi connectivity index (χ0n) is 8.65. The van der Waals surface area contributed by atoms with Gasteiger partial charge in [-0.3, -0.25) is 9.98 Å². The van der Waals surface area contributed by atoms with Crippen molar-refractivity contribution in [2.24, 2.45) is 0 Å². The molecule has 7 heteroatoms. The number of alkyl halides is 3. The van der Waals surface area contributed by atoms with Crippen molar-refractivity contribution in [3.8, 4) is 0 Å². The molecule has 1 aliphatic heterocycles. The molecular formula is C8H14F3N4+. The highest BCUT2D eigenvalue weighted by Crippen LogP contribution is 2.19. The summed E-state index contributed by atoms with van der Waals surface area (Å²) in [7, 11) is 3.33. The second kappa shape index (κ2) is 4.18. The van der Waals surface area contributed by atoms with Crippen molar-refractivity contribution in [2.75, 3.05) is 33.7 Å². The Morgan fingerprint density at radius 2 is 2.07 bits per heavy atom. The van der Waals surface area contributed by atoms with E-state index in [1.807, 2.05) is 0 Å². The third-order valence-electron chi connectivity index (χ3n) is 2.16. The predicted molar refractivity (Wildman–Crippen MR) is 50.5 cm³/mol. The first-order valence-electron chi connectivity index (χ1n) is 4.51. The van der Waals surface area contributed by atoms with E-state index in [2.05, 4.69) is 5.32 Å². The molecular weight excluding hydrogens is 209 g/mol. The average Bonchev–Trinajstić information content (AvgIpc) is 2.15. The maximum atomic E-state index is 12.4. The number of hydrogen-bond donors (Lipinski definition) is 2. The lowest BCUT2D eigenvalue weighted by molar-refractivity contribution is -0.470. The smallest absolute Gasteiger partial charge is 0.302 e. The Morgan fingerprint density at radius 3 is 2.53 bits per heavy atom. The summed E-state index contributed by atoms with van der Waals surface area (Å²) in [6.07, 6.45) is -4.58. The first kappa shape index (κ1) is 12.0. The van der Waals surface area contributed by atoms with E-state index in [1.54, 1.807) is 18.7 Å². The second-order valence-electron chi connectivity index (χ2n) is 3.49. The van der Waals surface area contributed by atoms with Crippen LogP contribution in [0.2, 0.25) is 0 Å². The average molecular weight is 223 g/mol. The van der Waals surface area contributed by atoms with Crippen LogP contribution in [0.25, 0.3) is 0 Å². The van der Waals surface area contributed by atoms with Gasteiger partial charge in [-0.2, -0.15) is 13.2 Å². The van der Waals surface area contributed by atoms with E-state index in [-0.39, 0.29) is 6.54 Å². The summed E-state index contributed by atoms with van der Waals surface area (Å²) in [5.74, 6) is -0.837. The van der Waals surface area contributed by atoms with Gasteiger partial charge in [-0.25, -0.2) is 4.90 Å². The van der Waals surface area contributed by atoms with E-state index in [9.17, 15) is 13.2 Å². The van der Waals surface area contributed by atoms with Crippen LogP contribution in [0.4, 0.5) is 13.2 Å². The summed E-state index contributed by atoms with van der Waals surface area (Å²) in [6.45, 7) is 0.979. The molecule has 15 heavy (non-hydrogen) atoms. The number of nitrogens with one attached hydrogen (secondary N) is 2. The number of hydrogen-bond acceptors (Lipinski definition) is 2. The molecule has 1 aliphatic rings. The third kappa shape index (κ3) is 2.68. The fraction of sp³-hybridized carbons (Fsp3) is 0.750. The molecule has 2 N–H and O–H groups in total. The third-order valence-corrected chi connectivity index (χ3v) is 2.16. The Morgan fingerprint density at radius 1 is 1.47 bits per heavy atom. The van der Waals surface area contributed by atoms with Crippen molar-refractivity contribution < 1.29 is 17.7 Å². The van der Waals surface area contributed by atoms with Gasteiger partial charge in [-0.15, -0.1) is 0 Å². The van der Waals surface area contributed by atoms with Gasteiger partial charge in [-0.05, 0) is 0 Å². The Kier molecular flexibility index (Phi) is 3.33. The van der Waals surface area contributed by atoms with Gasteiger partial charge >= 0.3 is 6.18 Å². The van der Waals surface area contributed by atoms with E-state index in [4.69, 9.17) is 5.41 Å². The van der Waals surface area contributed by atoms with E-state index in [0.717, 1.165) is 4.90 Å². The molecule has 0 saturated carbocycles. The largest absolute Gasteiger partial charge is 0.472 e. The van der Waals surface area contributed by atoms with Gasteiger partial charge in [0.1, 0.15) is 6.54 Å². The molecule has 0 aromatic rings. The summed E-state index contributed by atoms with van der Waals surface area (Å²) in [4.78, 5) is 0.997. The monoisotopic (exact) mass is 223 g/mol. The van der Waals surface area contributed by atoms with Crippen molar-refractivity contribution in [1.29, 1.82) is 5.41 Å². The first-order chi connectivity index (χ1) is 6.84. The van der Waals surface area contributed by atoms with E-state index < -0.39 is 12.0 Å². The van der Waals surface area contributed by atoms with Crippen molar-refractivity contribution in [1.82, 2.24) is 10.2 Å². The summed E-state index contributed by atoms with van der Waals surface area (Å²) >= 11 is 0. The van der Waals surface area contributed by atoms with Crippen LogP contribution in [0, 0.1) is 5.41 Å². The van der Waals surface area contributed by atoms with Gasteiger partial charge in [0.15, 0.2) is 0 Å². The lowest BCUT2D eigenvalue weighted by atomic mass is 10.3. The maximum Gasteiger partial charge on any atom is 0.472 e. The zero-order valence-corrected chi connectivity index (χ0v) is 8.65. The minimum atomic E-state index is -4.58. The molecule has 0 bridgehead atoms. The van der Waals surface area contributed by atoms with Crippen LogP contribution in [-0.2, 0) is 0 Å². The van der Waals surface area contributed by atoms with E-state index in [1.165, 1.54) is 0 Å². The fourth-order valence-corrected chi connectivity index (χ4v) is 1.41. The van der Waals surface area contributed by atoms with E-state index in [0.29, 0.717) is 18.9 Å². The van der Waals surface area contributed by atoms with Crippen LogP contribution >= 0.6 is 0 Å². The topological polar surface area (TPSA) is 42.1 Å². The van der Waals surface area contributed by atoms with E-state index >= 15 is 0 Å². The molecule has 0 aromatic carbocycles. The highest BCUT2D eigenvalue weighted by atomic mass is 19.4. The van der Waals surface area contributed by atoms with Gasteiger partial charge in [0.2, 0.25) is 0 Å². The molecule has 1 heterocycles. The molecule has 1 fully saturated rings. The van der Waals surface area contributed by atoms with Crippen LogP contribution < -0.4 is 5.32 Å². The summed E-state index contributed by atoms with van der Waals surface area (Å²) < 4.78 is 38.6. The molecule has 0 atom stereocenters. The van der Waals surface area contributed by atoms with Crippen molar-refractivity contribution >= 4 is 11.7 Å². The highest BCUT2D eigenvalue weighted by Gasteiger charge is 2.46. The van der Waals surface area contributed by atoms with Crippen LogP contribution in [0.5, 0.6) is 0 Å². The summed E-state index contributed by atoms with van der Waals surface area (Å²) in [5.41, 5.74) is 0. The van der Waals surface area contributed by atoms with Gasteiger partial charge < -0.3 is 5.32 Å². The van der Waals surface area contributed by atoms with Crippen molar-refractivity contribution in [2.45, 2.75) is 6.18 Å². The molecule has 0 unspecified atom stereocenters. The van der Waals surface area contributed by atoms with Gasteiger partial charge in [0.25, 0.3) is 11.7 Å².